The lowest BCUT2D eigenvalue weighted by Gasteiger charge is -2.22. The summed E-state index contributed by atoms with van der Waals surface area (Å²) >= 11 is 0. The van der Waals surface area contributed by atoms with E-state index in [1.165, 1.54) is 11.8 Å². The number of nitrogens with zero attached hydrogens (tertiary/aromatic N) is 2. The maximum absolute atomic E-state index is 13.7. The van der Waals surface area contributed by atoms with Crippen molar-refractivity contribution in [3.8, 4) is 0 Å². The second kappa shape index (κ2) is 9.35. The van der Waals surface area contributed by atoms with Crippen molar-refractivity contribution >= 4 is 34.7 Å². The Kier molecular flexibility index (Phi) is 6.32. The number of amides is 3. The molecule has 172 valence electrons. The monoisotopic (exact) mass is 453 g/mol. The molecule has 3 amide bonds. The number of anilines is 2. The highest BCUT2D eigenvalue weighted by atomic mass is 16.2. The fourth-order valence-corrected chi connectivity index (χ4v) is 4.31. The van der Waals surface area contributed by atoms with Crippen molar-refractivity contribution in [2.45, 2.75) is 27.3 Å². The molecule has 0 unspecified atom stereocenters. The van der Waals surface area contributed by atoms with Gasteiger partial charge in [-0.15, -0.1) is 0 Å². The molecule has 6 nitrogen and oxygen atoms in total. The predicted octanol–water partition coefficient (Wildman–Crippen LogP) is 4.68. The van der Waals surface area contributed by atoms with Crippen molar-refractivity contribution in [1.29, 1.82) is 0 Å². The molecule has 0 bridgehead atoms. The largest absolute Gasteiger partial charge is 0.365 e. The number of hydrogen-bond acceptors (Lipinski definition) is 4. The molecule has 4 rings (SSSR count). The lowest BCUT2D eigenvalue weighted by Crippen LogP contribution is -2.34. The van der Waals surface area contributed by atoms with Crippen molar-refractivity contribution in [3.05, 3.63) is 101 Å². The highest BCUT2D eigenvalue weighted by Crippen LogP contribution is 2.36. The molecule has 34 heavy (non-hydrogen) atoms. The highest BCUT2D eigenvalue weighted by Gasteiger charge is 2.41. The molecule has 3 aromatic rings. The summed E-state index contributed by atoms with van der Waals surface area (Å²) in [5.74, 6) is -0.894. The Hall–Kier alpha value is -4.19. The first kappa shape index (κ1) is 23.0. The van der Waals surface area contributed by atoms with Crippen LogP contribution in [0.2, 0.25) is 0 Å². The predicted molar refractivity (Wildman–Crippen MR) is 134 cm³/mol. The minimum atomic E-state index is -0.364. The zero-order chi connectivity index (χ0) is 24.4. The van der Waals surface area contributed by atoms with Gasteiger partial charge in [-0.05, 0) is 60.4 Å². The second-order valence-corrected chi connectivity index (χ2v) is 8.62. The molecular weight excluding hydrogens is 426 g/mol. The Morgan fingerprint density at radius 2 is 1.50 bits per heavy atom. The average Bonchev–Trinajstić information content (AvgIpc) is 3.04. The molecule has 3 aromatic carbocycles. The minimum Gasteiger partial charge on any atom is -0.365 e. The number of rotatable bonds is 6. The number of aryl methyl sites for hydroxylation is 2. The van der Waals surface area contributed by atoms with Crippen molar-refractivity contribution < 1.29 is 14.4 Å². The number of likely N-dealkylation sites (N-methyl/N-ethyl adjacent to an activating group) is 1. The van der Waals surface area contributed by atoms with Gasteiger partial charge in [-0.2, -0.15) is 0 Å². The third-order valence-electron chi connectivity index (χ3n) is 5.66. The van der Waals surface area contributed by atoms with E-state index in [1.54, 1.807) is 24.3 Å². The summed E-state index contributed by atoms with van der Waals surface area (Å²) in [6, 6.07) is 22.5. The molecule has 1 N–H and O–H groups in total. The van der Waals surface area contributed by atoms with Crippen LogP contribution < -0.4 is 10.2 Å². The molecule has 0 saturated heterocycles. The third kappa shape index (κ3) is 4.62. The van der Waals surface area contributed by atoms with Crippen molar-refractivity contribution in [2.24, 2.45) is 0 Å². The standard InChI is InChI=1S/C28H27N3O3/c1-18-14-19(2)16-24(15-18)31-27(33)25(22-10-12-23(13-11-22)29-20(3)32)26(28(31)34)30(4)17-21-8-6-5-7-9-21/h5-16H,17H2,1-4H3,(H,29,32). The Balaban J connectivity index is 1.79. The van der Waals surface area contributed by atoms with Crippen LogP contribution in [0.1, 0.15) is 29.2 Å². The Morgan fingerprint density at radius 3 is 2.09 bits per heavy atom. The van der Waals surface area contributed by atoms with Crippen LogP contribution in [0.4, 0.5) is 11.4 Å². The highest BCUT2D eigenvalue weighted by molar-refractivity contribution is 6.45. The maximum atomic E-state index is 13.7. The average molecular weight is 454 g/mol. The van der Waals surface area contributed by atoms with E-state index in [0.717, 1.165) is 16.7 Å². The molecule has 0 atom stereocenters. The summed E-state index contributed by atoms with van der Waals surface area (Å²) in [5, 5.41) is 2.73. The molecule has 1 heterocycles. The van der Waals surface area contributed by atoms with Crippen molar-refractivity contribution in [1.82, 2.24) is 4.90 Å². The SMILES string of the molecule is CC(=O)Nc1ccc(C2=C(N(C)Cc3ccccc3)C(=O)N(c3cc(C)cc(C)c3)C2=O)cc1. The van der Waals surface area contributed by atoms with Gasteiger partial charge in [0, 0.05) is 26.2 Å². The Morgan fingerprint density at radius 1 is 0.882 bits per heavy atom. The smallest absolute Gasteiger partial charge is 0.282 e. The molecule has 0 radical (unpaired) electrons. The summed E-state index contributed by atoms with van der Waals surface area (Å²) in [4.78, 5) is 41.9. The van der Waals surface area contributed by atoms with Gasteiger partial charge in [-0.3, -0.25) is 14.4 Å². The van der Waals surface area contributed by atoms with Crippen LogP contribution in [-0.2, 0) is 20.9 Å². The topological polar surface area (TPSA) is 69.7 Å². The van der Waals surface area contributed by atoms with Crippen LogP contribution in [0.3, 0.4) is 0 Å². The van der Waals surface area contributed by atoms with E-state index in [-0.39, 0.29) is 17.7 Å². The zero-order valence-corrected chi connectivity index (χ0v) is 19.8. The first-order valence-electron chi connectivity index (χ1n) is 11.1. The number of carbonyl (C=O) groups excluding carboxylic acids is 3. The minimum absolute atomic E-state index is 0.177. The van der Waals surface area contributed by atoms with Gasteiger partial charge in [0.05, 0.1) is 11.3 Å². The van der Waals surface area contributed by atoms with Gasteiger partial charge >= 0.3 is 0 Å². The van der Waals surface area contributed by atoms with Crippen LogP contribution in [0.5, 0.6) is 0 Å². The molecule has 0 aliphatic carbocycles. The van der Waals surface area contributed by atoms with Crippen LogP contribution in [0.15, 0.2) is 78.5 Å². The Bertz CT molecular complexity index is 1270. The number of carbonyl (C=O) groups is 3. The van der Waals surface area contributed by atoms with E-state index in [2.05, 4.69) is 5.32 Å². The number of imide groups is 1. The van der Waals surface area contributed by atoms with E-state index in [1.807, 2.05) is 74.3 Å². The second-order valence-electron chi connectivity index (χ2n) is 8.62. The summed E-state index contributed by atoms with van der Waals surface area (Å²) < 4.78 is 0. The third-order valence-corrected chi connectivity index (χ3v) is 5.66. The molecular formula is C28H27N3O3. The number of nitrogens with one attached hydrogen (secondary N) is 1. The van der Waals surface area contributed by atoms with E-state index < -0.39 is 0 Å². The zero-order valence-electron chi connectivity index (χ0n) is 19.8. The van der Waals surface area contributed by atoms with Crippen LogP contribution >= 0.6 is 0 Å². The van der Waals surface area contributed by atoms with Gasteiger partial charge in [0.15, 0.2) is 0 Å². The van der Waals surface area contributed by atoms with Gasteiger partial charge in [0.2, 0.25) is 5.91 Å². The van der Waals surface area contributed by atoms with Crippen LogP contribution in [-0.4, -0.2) is 29.7 Å². The van der Waals surface area contributed by atoms with Gasteiger partial charge in [0.1, 0.15) is 5.70 Å². The molecule has 0 fully saturated rings. The van der Waals surface area contributed by atoms with E-state index in [0.29, 0.717) is 34.8 Å². The fourth-order valence-electron chi connectivity index (χ4n) is 4.31. The van der Waals surface area contributed by atoms with Crippen LogP contribution in [0.25, 0.3) is 5.57 Å². The van der Waals surface area contributed by atoms with Gasteiger partial charge < -0.3 is 10.2 Å². The van der Waals surface area contributed by atoms with Gasteiger partial charge in [-0.25, -0.2) is 4.90 Å². The molecule has 1 aliphatic rings. The molecule has 0 spiro atoms. The molecule has 1 aliphatic heterocycles. The van der Waals surface area contributed by atoms with Crippen molar-refractivity contribution in [3.63, 3.8) is 0 Å². The Labute approximate surface area is 199 Å². The molecule has 6 heteroatoms. The first-order valence-corrected chi connectivity index (χ1v) is 11.1. The van der Waals surface area contributed by atoms with Crippen molar-refractivity contribution in [2.75, 3.05) is 17.3 Å². The van der Waals surface area contributed by atoms with Gasteiger partial charge in [0.25, 0.3) is 11.8 Å². The summed E-state index contributed by atoms with van der Waals surface area (Å²) in [5.41, 5.74) is 5.47. The lowest BCUT2D eigenvalue weighted by molar-refractivity contribution is -0.120. The summed E-state index contributed by atoms with van der Waals surface area (Å²) in [7, 11) is 1.82. The lowest BCUT2D eigenvalue weighted by atomic mass is 10.0. The number of hydrogen-bond donors (Lipinski definition) is 1. The fraction of sp³-hybridized carbons (Fsp3) is 0.179. The van der Waals surface area contributed by atoms with Gasteiger partial charge in [-0.1, -0.05) is 48.5 Å². The quantitative estimate of drug-likeness (QED) is 0.551. The maximum Gasteiger partial charge on any atom is 0.282 e. The normalized spacial score (nSPS) is 13.5. The summed E-state index contributed by atoms with van der Waals surface area (Å²) in [6.45, 7) is 5.80. The van der Waals surface area contributed by atoms with Crippen LogP contribution in [0, 0.1) is 13.8 Å². The summed E-state index contributed by atoms with van der Waals surface area (Å²) in [6.07, 6.45) is 0. The first-order chi connectivity index (χ1) is 16.2. The van der Waals surface area contributed by atoms with E-state index >= 15 is 0 Å². The number of benzene rings is 3. The van der Waals surface area contributed by atoms with E-state index in [9.17, 15) is 14.4 Å². The molecule has 0 aromatic heterocycles. The molecule has 0 saturated carbocycles. The van der Waals surface area contributed by atoms with E-state index in [4.69, 9.17) is 0 Å².